The van der Waals surface area contributed by atoms with Gasteiger partial charge in [-0.3, -0.25) is 18.7 Å². The Bertz CT molecular complexity index is 1610. The molecule has 2 amide bonds. The summed E-state index contributed by atoms with van der Waals surface area (Å²) >= 11 is 0. The lowest BCUT2D eigenvalue weighted by molar-refractivity contribution is -0.144. The lowest BCUT2D eigenvalue weighted by Crippen LogP contribution is -2.33. The van der Waals surface area contributed by atoms with Crippen molar-refractivity contribution in [3.63, 3.8) is 0 Å². The van der Waals surface area contributed by atoms with Crippen molar-refractivity contribution in [3.8, 4) is 0 Å². The number of nitrogens with zero attached hydrogens (tertiary/aromatic N) is 4. The number of alkyl carbamates (subject to hydrolysis) is 1. The fourth-order valence-corrected chi connectivity index (χ4v) is 6.94. The van der Waals surface area contributed by atoms with E-state index in [1.807, 2.05) is 0 Å². The van der Waals surface area contributed by atoms with E-state index in [9.17, 15) is 43.0 Å². The van der Waals surface area contributed by atoms with Gasteiger partial charge in [0.1, 0.15) is 24.3 Å². The first-order chi connectivity index (χ1) is 22.1. The van der Waals surface area contributed by atoms with E-state index in [4.69, 9.17) is 24.0 Å². The van der Waals surface area contributed by atoms with Gasteiger partial charge < -0.3 is 49.5 Å². The van der Waals surface area contributed by atoms with Gasteiger partial charge in [0.2, 0.25) is 5.91 Å². The van der Waals surface area contributed by atoms with Crippen LogP contribution in [0.15, 0.2) is 12.7 Å². The Kier molecular flexibility index (Phi) is 13.3. The number of phosphoric ester groups is 1. The number of carbonyl (C=O) groups excluding carboxylic acids is 3. The molecule has 0 aliphatic carbocycles. The third-order valence-corrected chi connectivity index (χ3v) is 9.56. The first-order valence-corrected chi connectivity index (χ1v) is 18.4. The third-order valence-electron chi connectivity index (χ3n) is 5.76. The van der Waals surface area contributed by atoms with Gasteiger partial charge in [-0.2, -0.15) is 8.62 Å². The van der Waals surface area contributed by atoms with Crippen molar-refractivity contribution in [2.24, 2.45) is 0 Å². The van der Waals surface area contributed by atoms with Gasteiger partial charge in [0.15, 0.2) is 17.0 Å². The van der Waals surface area contributed by atoms with Crippen molar-refractivity contribution in [1.29, 1.82) is 0 Å². The van der Waals surface area contributed by atoms with Crippen molar-refractivity contribution >= 4 is 58.4 Å². The largest absolute Gasteiger partial charge is 0.490 e. The van der Waals surface area contributed by atoms with Crippen LogP contribution in [0.4, 0.5) is 10.6 Å². The Morgan fingerprint density at radius 1 is 1.04 bits per heavy atom. The van der Waals surface area contributed by atoms with Crippen LogP contribution >= 0.6 is 23.5 Å². The number of imidazole rings is 1. The van der Waals surface area contributed by atoms with Crippen LogP contribution in [0.1, 0.15) is 52.7 Å². The first-order valence-electron chi connectivity index (χ1n) is 13.8. The summed E-state index contributed by atoms with van der Waals surface area (Å²) in [6, 6.07) is 0. The lowest BCUT2D eigenvalue weighted by Gasteiger charge is -2.19. The highest BCUT2D eigenvalue weighted by Gasteiger charge is 2.43. The van der Waals surface area contributed by atoms with Crippen LogP contribution in [-0.4, -0.2) is 99.7 Å². The number of hydrogen-bond donors (Lipinski definition) is 7. The minimum Gasteiger partial charge on any atom is -0.466 e. The molecule has 0 aromatic carbocycles. The number of ether oxygens (including phenoxy) is 3. The van der Waals surface area contributed by atoms with Crippen molar-refractivity contribution < 1.29 is 80.1 Å². The molecule has 7 N–H and O–H groups in total. The number of aliphatic hydroxyl groups is 1. The molecule has 2 aromatic heterocycles. The summed E-state index contributed by atoms with van der Waals surface area (Å²) in [6.07, 6.45) is -2.14. The molecule has 2 unspecified atom stereocenters. The normalized spacial score (nSPS) is 20.9. The number of anilines is 1. The number of aliphatic hydroxyl groups excluding tert-OH is 1. The molecule has 0 bridgehead atoms. The molecule has 1 aliphatic heterocycles. The smallest absolute Gasteiger partial charge is 0.466 e. The summed E-state index contributed by atoms with van der Waals surface area (Å²) in [5.41, 5.74) is -0.388. The number of rotatable bonds is 16. The van der Waals surface area contributed by atoms with Gasteiger partial charge in [-0.1, -0.05) is 0 Å². The van der Waals surface area contributed by atoms with Crippen molar-refractivity contribution in [2.75, 3.05) is 25.1 Å². The van der Waals surface area contributed by atoms with Crippen LogP contribution < -0.4 is 10.6 Å². The molecule has 0 radical (unpaired) electrons. The van der Waals surface area contributed by atoms with Gasteiger partial charge in [0.25, 0.3) is 0 Å². The molecule has 1 fully saturated rings. The fourth-order valence-electron chi connectivity index (χ4n) is 3.91. The average Bonchev–Trinajstić information content (AvgIpc) is 3.51. The first kappa shape index (κ1) is 39.5. The highest BCUT2D eigenvalue weighted by molar-refractivity contribution is 7.66. The summed E-state index contributed by atoms with van der Waals surface area (Å²) in [4.78, 5) is 84.5. The Hall–Kier alpha value is -2.91. The van der Waals surface area contributed by atoms with Crippen molar-refractivity contribution in [3.05, 3.63) is 12.7 Å². The summed E-state index contributed by atoms with van der Waals surface area (Å²) in [5, 5.41) is 15.4. The van der Waals surface area contributed by atoms with Crippen LogP contribution in [0.3, 0.4) is 0 Å². The molecule has 5 atom stereocenters. The Balaban J connectivity index is 1.48. The Morgan fingerprint density at radius 2 is 1.75 bits per heavy atom. The third kappa shape index (κ3) is 13.2. The van der Waals surface area contributed by atoms with E-state index in [1.165, 1.54) is 10.9 Å². The van der Waals surface area contributed by atoms with Crippen LogP contribution in [0.5, 0.6) is 0 Å². The summed E-state index contributed by atoms with van der Waals surface area (Å²) in [7, 11) is -16.8. The maximum Gasteiger partial charge on any atom is 0.490 e. The summed E-state index contributed by atoms with van der Waals surface area (Å²) in [6.45, 7) is 4.52. The van der Waals surface area contributed by atoms with Gasteiger partial charge >= 0.3 is 35.5 Å². The molecule has 23 nitrogen and oxygen atoms in total. The second kappa shape index (κ2) is 16.2. The zero-order valence-electron chi connectivity index (χ0n) is 25.6. The standard InChI is InChI=1S/C22H35N6O17P3/c1-22(2,3)43-21(32)23-7-4-8-40-17(31)6-5-15(30)27-19-18-20(25-11-24-19)28(12-26-18)16-9-13(29)14(42-16)10-41-47(36,37)45-48(38,39)44-46(33,34)35/h11-14,16,29H,4-10H2,1-3H3,(H,23,32)(H,36,37)(H,38,39)(H2,33,34,35)(H,24,25,27,30)/t13-,14-,16-/m1/s1. The number of aromatic nitrogens is 4. The highest BCUT2D eigenvalue weighted by atomic mass is 31.3. The number of carbonyl (C=O) groups is 3. The molecule has 2 aromatic rings. The van der Waals surface area contributed by atoms with Gasteiger partial charge in [0, 0.05) is 19.4 Å². The number of hydrogen-bond acceptors (Lipinski definition) is 16. The molecule has 1 aliphatic rings. The molecule has 1 saturated heterocycles. The van der Waals surface area contributed by atoms with Gasteiger partial charge in [-0.05, 0) is 27.2 Å². The highest BCUT2D eigenvalue weighted by Crippen LogP contribution is 2.66. The molecule has 3 heterocycles. The van der Waals surface area contributed by atoms with Crippen LogP contribution in [0.2, 0.25) is 0 Å². The number of esters is 1. The Labute approximate surface area is 271 Å². The predicted octanol–water partition coefficient (Wildman–Crippen LogP) is 0.995. The topological polar surface area (TPSA) is 327 Å². The molecule has 26 heteroatoms. The number of phosphoric acid groups is 3. The molecular formula is C22H35N6O17P3. The predicted molar refractivity (Wildman–Crippen MR) is 157 cm³/mol. The monoisotopic (exact) mass is 748 g/mol. The van der Waals surface area contributed by atoms with E-state index < -0.39 is 72.1 Å². The maximum absolute atomic E-state index is 12.5. The lowest BCUT2D eigenvalue weighted by atomic mass is 10.2. The van der Waals surface area contributed by atoms with E-state index >= 15 is 0 Å². The number of nitrogens with one attached hydrogen (secondary N) is 2. The zero-order chi connectivity index (χ0) is 35.9. The van der Waals surface area contributed by atoms with Gasteiger partial charge in [0.05, 0.1) is 32.1 Å². The van der Waals surface area contributed by atoms with E-state index in [-0.39, 0.29) is 49.4 Å². The number of fused-ring (bicyclic) bond motifs is 1. The quantitative estimate of drug-likeness (QED) is 0.0715. The molecule has 270 valence electrons. The maximum atomic E-state index is 12.5. The second-order valence-corrected chi connectivity index (χ2v) is 15.3. The van der Waals surface area contributed by atoms with Crippen molar-refractivity contribution in [2.45, 2.75) is 70.5 Å². The molecular weight excluding hydrogens is 713 g/mol. The molecule has 3 rings (SSSR count). The summed E-state index contributed by atoms with van der Waals surface area (Å²) in [5.74, 6) is -1.24. The van der Waals surface area contributed by atoms with Crippen LogP contribution in [0.25, 0.3) is 11.2 Å². The zero-order valence-corrected chi connectivity index (χ0v) is 28.3. The SMILES string of the molecule is CC(C)(C)OC(=O)NCCCOC(=O)CCC(=O)Nc1ncnc2c1ncn2[C@H]1C[C@@H](O)[C@@H](COP(=O)(O)OP(=O)(O)OP(=O)(O)O)O1. The molecule has 48 heavy (non-hydrogen) atoms. The van der Waals surface area contributed by atoms with E-state index in [0.29, 0.717) is 6.42 Å². The van der Waals surface area contributed by atoms with Gasteiger partial charge in [-0.25, -0.2) is 33.4 Å². The number of amides is 2. The van der Waals surface area contributed by atoms with Crippen molar-refractivity contribution in [1.82, 2.24) is 24.8 Å². The van der Waals surface area contributed by atoms with Crippen LogP contribution in [-0.2, 0) is 50.6 Å². The summed E-state index contributed by atoms with van der Waals surface area (Å²) < 4.78 is 63.2. The van der Waals surface area contributed by atoms with Crippen LogP contribution in [0, 0.1) is 0 Å². The van der Waals surface area contributed by atoms with E-state index in [0.717, 1.165) is 6.33 Å². The average molecular weight is 748 g/mol. The minimum atomic E-state index is -5.73. The van der Waals surface area contributed by atoms with E-state index in [1.54, 1.807) is 20.8 Å². The fraction of sp³-hybridized carbons (Fsp3) is 0.636. The van der Waals surface area contributed by atoms with Gasteiger partial charge in [-0.15, -0.1) is 0 Å². The molecule has 0 spiro atoms. The Morgan fingerprint density at radius 3 is 2.42 bits per heavy atom. The second-order valence-electron chi connectivity index (χ2n) is 10.9. The molecule has 0 saturated carbocycles. The van der Waals surface area contributed by atoms with E-state index in [2.05, 4.69) is 38.7 Å². The minimum absolute atomic E-state index is 0.00640.